The molecule has 3 heterocycles. The van der Waals surface area contributed by atoms with Crippen molar-refractivity contribution in [1.82, 2.24) is 0 Å². The van der Waals surface area contributed by atoms with Crippen LogP contribution >= 0.6 is 22.7 Å². The highest BCUT2D eigenvalue weighted by Crippen LogP contribution is 2.54. The van der Waals surface area contributed by atoms with Gasteiger partial charge in [0.15, 0.2) is 0 Å². The van der Waals surface area contributed by atoms with E-state index in [0.717, 1.165) is 50.1 Å². The molecule has 0 bridgehead atoms. The van der Waals surface area contributed by atoms with E-state index in [4.69, 9.17) is 4.42 Å². The molecule has 0 N–H and O–H groups in total. The van der Waals surface area contributed by atoms with Gasteiger partial charge in [0.05, 0.1) is 0 Å². The Hall–Kier alpha value is -7.76. The lowest BCUT2D eigenvalue weighted by Gasteiger charge is -2.26. The molecular weight excluding hydrogens is 851 g/mol. The lowest BCUT2D eigenvalue weighted by Crippen LogP contribution is -2.14. The summed E-state index contributed by atoms with van der Waals surface area (Å²) >= 11 is 3.82. The zero-order chi connectivity index (χ0) is 44.4. The van der Waals surface area contributed by atoms with Crippen LogP contribution in [0.5, 0.6) is 0 Å². The molecule has 10 aromatic carbocycles. The van der Waals surface area contributed by atoms with Crippen LogP contribution in [0.1, 0.15) is 25.0 Å². The molecule has 4 heteroatoms. The average Bonchev–Trinajstić information content (AvgIpc) is 4.13. The van der Waals surface area contributed by atoms with Gasteiger partial charge in [-0.05, 0) is 93.0 Å². The number of fused-ring (bicyclic) bond motifs is 13. The van der Waals surface area contributed by atoms with Gasteiger partial charge in [0.25, 0.3) is 0 Å². The van der Waals surface area contributed by atoms with E-state index in [1.807, 2.05) is 34.8 Å². The van der Waals surface area contributed by atoms with E-state index in [2.05, 4.69) is 219 Å². The molecule has 0 aliphatic heterocycles. The second-order valence-corrected chi connectivity index (χ2v) is 20.4. The van der Waals surface area contributed by atoms with E-state index in [1.54, 1.807) is 0 Å². The summed E-state index contributed by atoms with van der Waals surface area (Å²) in [5.74, 6) is 0. The largest absolute Gasteiger partial charge is 0.455 e. The lowest BCUT2D eigenvalue weighted by molar-refractivity contribution is 0.661. The Balaban J connectivity index is 0.874. The van der Waals surface area contributed by atoms with Gasteiger partial charge in [0.2, 0.25) is 0 Å². The summed E-state index contributed by atoms with van der Waals surface area (Å²) in [4.78, 5) is 2.38. The Bertz CT molecular complexity index is 3950. The molecule has 0 saturated heterocycles. The van der Waals surface area contributed by atoms with Crippen LogP contribution in [0.25, 0.3) is 107 Å². The van der Waals surface area contributed by atoms with E-state index < -0.39 is 0 Å². The summed E-state index contributed by atoms with van der Waals surface area (Å²) in [5, 5.41) is 7.56. The minimum atomic E-state index is -0.0305. The quantitative estimate of drug-likeness (QED) is 0.165. The topological polar surface area (TPSA) is 16.4 Å². The van der Waals surface area contributed by atoms with Crippen LogP contribution in [0.4, 0.5) is 17.1 Å². The summed E-state index contributed by atoms with van der Waals surface area (Å²) in [7, 11) is 0. The number of furan rings is 1. The molecule has 0 fully saturated rings. The van der Waals surface area contributed by atoms with E-state index in [-0.39, 0.29) is 5.41 Å². The second-order valence-electron chi connectivity index (χ2n) is 18.4. The van der Waals surface area contributed by atoms with Crippen molar-refractivity contribution in [3.05, 3.63) is 223 Å². The van der Waals surface area contributed by atoms with E-state index in [9.17, 15) is 0 Å². The van der Waals surface area contributed by atoms with Gasteiger partial charge >= 0.3 is 0 Å². The Morgan fingerprint density at radius 3 is 1.54 bits per heavy atom. The van der Waals surface area contributed by atoms with Gasteiger partial charge in [-0.25, -0.2) is 0 Å². The molecule has 3 aromatic heterocycles. The number of nitrogens with zero attached hydrogens (tertiary/aromatic N) is 1. The van der Waals surface area contributed by atoms with Crippen molar-refractivity contribution in [2.24, 2.45) is 0 Å². The number of thiophene rings is 2. The first-order chi connectivity index (χ1) is 33.0. The molecular formula is C63H41NOS2. The molecule has 0 spiro atoms. The van der Waals surface area contributed by atoms with Crippen molar-refractivity contribution in [3.63, 3.8) is 0 Å². The van der Waals surface area contributed by atoms with E-state index in [0.29, 0.717) is 0 Å². The molecule has 2 nitrogen and oxygen atoms in total. The van der Waals surface area contributed by atoms with Gasteiger partial charge in [-0.1, -0.05) is 178 Å². The standard InChI is InChI=1S/C63H41NOS2/c1-63(2)54-21-6-3-14-53(54)58-55(63)37-36-52-51-20-11-17-46(61(51)67-62(52)58)40-28-34-43(35-29-40)64(41-30-24-38(25-31-41)44-15-9-18-49-47-12-4-7-22-56(47)65-59(44)49)42-32-26-39(27-33-42)45-16-10-19-50-48-13-5-8-23-57(48)66-60(45)50/h3-37H,1-2H3. The first-order valence-electron chi connectivity index (χ1n) is 23.0. The van der Waals surface area contributed by atoms with Crippen LogP contribution in [-0.2, 0) is 5.41 Å². The first kappa shape index (κ1) is 38.5. The maximum atomic E-state index is 6.47. The van der Waals surface area contributed by atoms with Crippen molar-refractivity contribution in [3.8, 4) is 44.5 Å². The maximum absolute atomic E-state index is 6.47. The van der Waals surface area contributed by atoms with Gasteiger partial charge in [0.1, 0.15) is 11.2 Å². The summed E-state index contributed by atoms with van der Waals surface area (Å²) < 4.78 is 11.8. The van der Waals surface area contributed by atoms with Crippen LogP contribution in [0.3, 0.4) is 0 Å². The highest BCUT2D eigenvalue weighted by Gasteiger charge is 2.37. The summed E-state index contributed by atoms with van der Waals surface area (Å²) in [5.41, 5.74) is 17.8. The average molecular weight is 892 g/mol. The van der Waals surface area contributed by atoms with Crippen LogP contribution in [-0.4, -0.2) is 0 Å². The highest BCUT2D eigenvalue weighted by atomic mass is 32.1. The van der Waals surface area contributed by atoms with Crippen molar-refractivity contribution >= 4 is 102 Å². The molecule has 316 valence electrons. The molecule has 1 aliphatic carbocycles. The number of benzene rings is 10. The van der Waals surface area contributed by atoms with Crippen LogP contribution in [0.2, 0.25) is 0 Å². The Morgan fingerprint density at radius 2 is 0.851 bits per heavy atom. The Labute approximate surface area is 396 Å². The minimum Gasteiger partial charge on any atom is -0.455 e. The minimum absolute atomic E-state index is 0.0305. The van der Waals surface area contributed by atoms with Crippen molar-refractivity contribution in [2.75, 3.05) is 4.90 Å². The molecule has 0 saturated carbocycles. The third-order valence-electron chi connectivity index (χ3n) is 14.3. The normalized spacial score (nSPS) is 13.0. The SMILES string of the molecule is CC1(C)c2ccccc2-c2c1ccc1c2sc2c(-c3ccc(N(c4ccc(-c5cccc6c5oc5ccccc56)cc4)c4ccc(-c5cccc6c5sc5ccccc56)cc4)cc3)cccc21. The zero-order valence-electron chi connectivity index (χ0n) is 36.9. The number of hydrogen-bond donors (Lipinski definition) is 0. The van der Waals surface area contributed by atoms with Gasteiger partial charge in [0, 0.05) is 84.7 Å². The van der Waals surface area contributed by atoms with Crippen LogP contribution < -0.4 is 4.90 Å². The van der Waals surface area contributed by atoms with Gasteiger partial charge < -0.3 is 9.32 Å². The molecule has 0 radical (unpaired) electrons. The number of hydrogen-bond acceptors (Lipinski definition) is 4. The third-order valence-corrected chi connectivity index (χ3v) is 16.8. The van der Waals surface area contributed by atoms with Crippen LogP contribution in [0.15, 0.2) is 217 Å². The van der Waals surface area contributed by atoms with Gasteiger partial charge in [-0.3, -0.25) is 0 Å². The van der Waals surface area contributed by atoms with Gasteiger partial charge in [-0.2, -0.15) is 0 Å². The lowest BCUT2D eigenvalue weighted by atomic mass is 9.82. The smallest absolute Gasteiger partial charge is 0.143 e. The summed E-state index contributed by atoms with van der Waals surface area (Å²) in [6.07, 6.45) is 0. The fraction of sp³-hybridized carbons (Fsp3) is 0.0476. The fourth-order valence-electron chi connectivity index (χ4n) is 11.0. The number of para-hydroxylation sites is 2. The molecule has 0 atom stereocenters. The van der Waals surface area contributed by atoms with E-state index in [1.165, 1.54) is 84.9 Å². The predicted octanol–water partition coefficient (Wildman–Crippen LogP) is 19.1. The molecule has 14 rings (SSSR count). The number of anilines is 3. The summed E-state index contributed by atoms with van der Waals surface area (Å²) in [6.45, 7) is 4.73. The third kappa shape index (κ3) is 5.80. The molecule has 67 heavy (non-hydrogen) atoms. The first-order valence-corrected chi connectivity index (χ1v) is 24.6. The number of rotatable bonds is 6. The maximum Gasteiger partial charge on any atom is 0.143 e. The molecule has 0 unspecified atom stereocenters. The fourth-order valence-corrected chi connectivity index (χ4v) is 13.7. The molecule has 0 amide bonds. The van der Waals surface area contributed by atoms with Crippen molar-refractivity contribution < 1.29 is 4.42 Å². The molecule has 1 aliphatic rings. The van der Waals surface area contributed by atoms with Crippen molar-refractivity contribution in [2.45, 2.75) is 19.3 Å². The molecule has 13 aromatic rings. The van der Waals surface area contributed by atoms with E-state index >= 15 is 0 Å². The monoisotopic (exact) mass is 891 g/mol. The second kappa shape index (κ2) is 14.6. The van der Waals surface area contributed by atoms with Gasteiger partial charge in [-0.15, -0.1) is 22.7 Å². The Morgan fingerprint density at radius 1 is 0.358 bits per heavy atom. The zero-order valence-corrected chi connectivity index (χ0v) is 38.5. The predicted molar refractivity (Wildman–Crippen MR) is 288 cm³/mol. The van der Waals surface area contributed by atoms with Crippen LogP contribution in [0, 0.1) is 0 Å². The summed E-state index contributed by atoms with van der Waals surface area (Å²) in [6, 6.07) is 78.0. The Kier molecular flexibility index (Phi) is 8.40. The highest BCUT2D eigenvalue weighted by molar-refractivity contribution is 7.27. The van der Waals surface area contributed by atoms with Crippen molar-refractivity contribution in [1.29, 1.82) is 0 Å².